The average molecular weight is 274 g/mol. The summed E-state index contributed by atoms with van der Waals surface area (Å²) in [4.78, 5) is 0. The Morgan fingerprint density at radius 2 is 2.17 bits per heavy atom. The number of nitrogens with one attached hydrogen (secondary N) is 1. The van der Waals surface area contributed by atoms with Crippen LogP contribution in [0.2, 0.25) is 5.02 Å². The second-order valence-electron chi connectivity index (χ2n) is 4.26. The van der Waals surface area contributed by atoms with E-state index in [0.29, 0.717) is 13.2 Å². The molecule has 0 bridgehead atoms. The topological polar surface area (TPSA) is 21.3 Å². The zero-order chi connectivity index (χ0) is 13.4. The third-order valence-corrected chi connectivity index (χ3v) is 2.96. The molecule has 1 atom stereocenters. The minimum absolute atomic E-state index is 0.179. The molecule has 0 aliphatic carbocycles. The first-order valence-electron chi connectivity index (χ1n) is 6.42. The lowest BCUT2D eigenvalue weighted by Gasteiger charge is -2.18. The lowest BCUT2D eigenvalue weighted by atomic mass is 10.1. The minimum atomic E-state index is -0.372. The fourth-order valence-corrected chi connectivity index (χ4v) is 1.95. The van der Waals surface area contributed by atoms with Crippen LogP contribution in [0.5, 0.6) is 0 Å². The number of benzene rings is 1. The number of hydrogen-bond acceptors (Lipinski definition) is 2. The van der Waals surface area contributed by atoms with E-state index in [9.17, 15) is 4.39 Å². The van der Waals surface area contributed by atoms with Crippen LogP contribution < -0.4 is 5.32 Å². The van der Waals surface area contributed by atoms with Gasteiger partial charge < -0.3 is 10.1 Å². The lowest BCUT2D eigenvalue weighted by Crippen LogP contribution is -2.36. The molecule has 1 aromatic carbocycles. The van der Waals surface area contributed by atoms with Crippen LogP contribution >= 0.6 is 11.6 Å². The van der Waals surface area contributed by atoms with Crippen molar-refractivity contribution in [3.63, 3.8) is 0 Å². The van der Waals surface area contributed by atoms with Crippen LogP contribution in [0.3, 0.4) is 0 Å². The Morgan fingerprint density at radius 3 is 2.78 bits per heavy atom. The van der Waals surface area contributed by atoms with Crippen LogP contribution in [-0.4, -0.2) is 25.8 Å². The van der Waals surface area contributed by atoms with Crippen LogP contribution in [0.4, 0.5) is 4.39 Å². The monoisotopic (exact) mass is 273 g/mol. The Hall–Kier alpha value is -0.640. The van der Waals surface area contributed by atoms with E-state index in [1.54, 1.807) is 12.1 Å². The summed E-state index contributed by atoms with van der Waals surface area (Å²) in [5.41, 5.74) is 1.02. The molecule has 0 fully saturated rings. The largest absolute Gasteiger partial charge is 0.380 e. The summed E-state index contributed by atoms with van der Waals surface area (Å²) in [7, 11) is 0. The van der Waals surface area contributed by atoms with Gasteiger partial charge in [-0.2, -0.15) is 0 Å². The van der Waals surface area contributed by atoms with Gasteiger partial charge in [0, 0.05) is 12.6 Å². The van der Waals surface area contributed by atoms with Crippen molar-refractivity contribution in [2.24, 2.45) is 0 Å². The summed E-state index contributed by atoms with van der Waals surface area (Å²) in [5.74, 6) is -0.372. The fraction of sp³-hybridized carbons (Fsp3) is 0.571. The van der Waals surface area contributed by atoms with Gasteiger partial charge in [-0.1, -0.05) is 24.6 Å². The summed E-state index contributed by atoms with van der Waals surface area (Å²) in [6.07, 6.45) is 1.87. The number of hydrogen-bond donors (Lipinski definition) is 1. The number of halogens is 2. The van der Waals surface area contributed by atoms with E-state index < -0.39 is 0 Å². The van der Waals surface area contributed by atoms with E-state index in [0.717, 1.165) is 24.9 Å². The van der Waals surface area contributed by atoms with Crippen molar-refractivity contribution in [3.8, 4) is 0 Å². The summed E-state index contributed by atoms with van der Waals surface area (Å²) >= 11 is 5.78. The summed E-state index contributed by atoms with van der Waals surface area (Å²) in [5, 5.41) is 3.60. The SMILES string of the molecule is CCCNC(COCC)Cc1ccc(F)c(Cl)c1. The van der Waals surface area contributed by atoms with Gasteiger partial charge in [-0.05, 0) is 44.0 Å². The molecule has 2 nitrogen and oxygen atoms in total. The smallest absolute Gasteiger partial charge is 0.141 e. The van der Waals surface area contributed by atoms with E-state index in [1.807, 2.05) is 6.92 Å². The van der Waals surface area contributed by atoms with Crippen molar-refractivity contribution in [1.29, 1.82) is 0 Å². The van der Waals surface area contributed by atoms with E-state index in [-0.39, 0.29) is 16.9 Å². The van der Waals surface area contributed by atoms with Crippen LogP contribution in [0.15, 0.2) is 18.2 Å². The van der Waals surface area contributed by atoms with Crippen molar-refractivity contribution >= 4 is 11.6 Å². The zero-order valence-corrected chi connectivity index (χ0v) is 11.8. The first-order valence-corrected chi connectivity index (χ1v) is 6.80. The van der Waals surface area contributed by atoms with Gasteiger partial charge in [0.05, 0.1) is 11.6 Å². The van der Waals surface area contributed by atoms with Crippen LogP contribution in [-0.2, 0) is 11.2 Å². The summed E-state index contributed by atoms with van der Waals surface area (Å²) < 4.78 is 18.5. The fourth-order valence-electron chi connectivity index (χ4n) is 1.75. The molecule has 1 unspecified atom stereocenters. The molecule has 0 amide bonds. The number of rotatable bonds is 8. The van der Waals surface area contributed by atoms with Gasteiger partial charge in [0.1, 0.15) is 5.82 Å². The molecule has 102 valence electrons. The maximum atomic E-state index is 13.1. The predicted molar refractivity (Wildman–Crippen MR) is 73.7 cm³/mol. The lowest BCUT2D eigenvalue weighted by molar-refractivity contribution is 0.122. The maximum absolute atomic E-state index is 13.1. The highest BCUT2D eigenvalue weighted by Crippen LogP contribution is 2.17. The first kappa shape index (κ1) is 15.4. The summed E-state index contributed by atoms with van der Waals surface area (Å²) in [6, 6.07) is 5.11. The molecule has 1 rings (SSSR count). The molecule has 1 N–H and O–H groups in total. The molecule has 0 spiro atoms. The van der Waals surface area contributed by atoms with Gasteiger partial charge in [0.2, 0.25) is 0 Å². The van der Waals surface area contributed by atoms with Crippen molar-refractivity contribution in [2.75, 3.05) is 19.8 Å². The molecule has 0 aliphatic heterocycles. The summed E-state index contributed by atoms with van der Waals surface area (Å²) in [6.45, 7) is 6.41. The molecule has 4 heteroatoms. The Kier molecular flexibility index (Phi) is 7.25. The van der Waals surface area contributed by atoms with Crippen LogP contribution in [0.25, 0.3) is 0 Å². The number of ether oxygens (including phenoxy) is 1. The molecular formula is C14H21ClFNO. The normalized spacial score (nSPS) is 12.7. The highest BCUT2D eigenvalue weighted by atomic mass is 35.5. The van der Waals surface area contributed by atoms with Crippen LogP contribution in [0.1, 0.15) is 25.8 Å². The molecule has 0 saturated carbocycles. The quantitative estimate of drug-likeness (QED) is 0.784. The highest BCUT2D eigenvalue weighted by molar-refractivity contribution is 6.30. The van der Waals surface area contributed by atoms with Crippen molar-refractivity contribution in [3.05, 3.63) is 34.6 Å². The van der Waals surface area contributed by atoms with Crippen molar-refractivity contribution < 1.29 is 9.13 Å². The molecule has 0 radical (unpaired) electrons. The molecule has 0 aromatic heterocycles. The maximum Gasteiger partial charge on any atom is 0.141 e. The second-order valence-corrected chi connectivity index (χ2v) is 4.67. The van der Waals surface area contributed by atoms with E-state index >= 15 is 0 Å². The van der Waals surface area contributed by atoms with Gasteiger partial charge in [0.15, 0.2) is 0 Å². The zero-order valence-electron chi connectivity index (χ0n) is 11.0. The van der Waals surface area contributed by atoms with E-state index in [2.05, 4.69) is 12.2 Å². The van der Waals surface area contributed by atoms with Crippen molar-refractivity contribution in [1.82, 2.24) is 5.32 Å². The standard InChI is InChI=1S/C14H21ClFNO/c1-3-7-17-12(10-18-4-2)8-11-5-6-14(16)13(15)9-11/h5-6,9,12,17H,3-4,7-8,10H2,1-2H3. The van der Waals surface area contributed by atoms with E-state index in [1.165, 1.54) is 6.07 Å². The van der Waals surface area contributed by atoms with Crippen molar-refractivity contribution in [2.45, 2.75) is 32.7 Å². The third kappa shape index (κ3) is 5.34. The Morgan fingerprint density at radius 1 is 1.39 bits per heavy atom. The molecule has 0 aliphatic rings. The predicted octanol–water partition coefficient (Wildman–Crippen LogP) is 3.43. The van der Waals surface area contributed by atoms with Gasteiger partial charge in [-0.25, -0.2) is 4.39 Å². The Labute approximate surface area is 113 Å². The van der Waals surface area contributed by atoms with Gasteiger partial charge in [0.25, 0.3) is 0 Å². The second kappa shape index (κ2) is 8.46. The minimum Gasteiger partial charge on any atom is -0.380 e. The van der Waals surface area contributed by atoms with E-state index in [4.69, 9.17) is 16.3 Å². The molecule has 18 heavy (non-hydrogen) atoms. The molecule has 0 saturated heterocycles. The molecule has 1 aromatic rings. The Bertz CT molecular complexity index is 352. The van der Waals surface area contributed by atoms with Gasteiger partial charge in [-0.15, -0.1) is 0 Å². The first-order chi connectivity index (χ1) is 8.67. The highest BCUT2D eigenvalue weighted by Gasteiger charge is 2.10. The van der Waals surface area contributed by atoms with Gasteiger partial charge in [-0.3, -0.25) is 0 Å². The molecular weight excluding hydrogens is 253 g/mol. The third-order valence-electron chi connectivity index (χ3n) is 2.67. The van der Waals surface area contributed by atoms with Crippen LogP contribution in [0, 0.1) is 5.82 Å². The molecule has 0 heterocycles. The van der Waals surface area contributed by atoms with Gasteiger partial charge >= 0.3 is 0 Å². The Balaban J connectivity index is 2.59. The average Bonchev–Trinajstić information content (AvgIpc) is 2.37.